The summed E-state index contributed by atoms with van der Waals surface area (Å²) in [5, 5.41) is 0.592. The van der Waals surface area contributed by atoms with Gasteiger partial charge in [0, 0.05) is 31.0 Å². The van der Waals surface area contributed by atoms with Gasteiger partial charge in [0.15, 0.2) is 0 Å². The molecule has 0 bridgehead atoms. The Bertz CT molecular complexity index is 508. The third-order valence-corrected chi connectivity index (χ3v) is 5.55. The summed E-state index contributed by atoms with van der Waals surface area (Å²) in [7, 11) is 0. The van der Waals surface area contributed by atoms with E-state index in [2.05, 4.69) is 10.9 Å². The zero-order valence-corrected chi connectivity index (χ0v) is 13.5. The fraction of sp³-hybridized carbons (Fsp3) is 0.471. The highest BCUT2D eigenvalue weighted by molar-refractivity contribution is 8.00. The Balaban J connectivity index is 1.66. The largest absolute Gasteiger partial charge is 0.332 e. The summed E-state index contributed by atoms with van der Waals surface area (Å²) >= 11 is 2.00. The van der Waals surface area contributed by atoms with E-state index in [0.717, 1.165) is 25.2 Å². The molecule has 1 aromatic rings. The minimum absolute atomic E-state index is 0.117. The first-order valence-electron chi connectivity index (χ1n) is 7.94. The van der Waals surface area contributed by atoms with Gasteiger partial charge in [-0.2, -0.15) is 11.8 Å². The molecule has 4 nitrogen and oxygen atoms in total. The second kappa shape index (κ2) is 7.81. The quantitative estimate of drug-likeness (QED) is 0.814. The Labute approximate surface area is 136 Å². The van der Waals surface area contributed by atoms with Crippen molar-refractivity contribution in [2.24, 2.45) is 0 Å². The average molecular weight is 317 g/mol. The summed E-state index contributed by atoms with van der Waals surface area (Å²) in [5.74, 6) is 1.35. The maximum absolute atomic E-state index is 12.7. The molecule has 3 rings (SSSR count). The van der Waals surface area contributed by atoms with E-state index in [1.807, 2.05) is 53.1 Å². The highest BCUT2D eigenvalue weighted by Crippen LogP contribution is 2.27. The van der Waals surface area contributed by atoms with Crippen LogP contribution in [-0.2, 0) is 4.79 Å². The number of rotatable bonds is 5. The van der Waals surface area contributed by atoms with Crippen molar-refractivity contribution < 1.29 is 4.79 Å². The zero-order chi connectivity index (χ0) is 15.2. The predicted molar refractivity (Wildman–Crippen MR) is 92.5 cm³/mol. The van der Waals surface area contributed by atoms with E-state index in [4.69, 9.17) is 0 Å². The highest BCUT2D eigenvalue weighted by Gasteiger charge is 2.28. The standard InChI is InChI=1S/C17H23N3OS/c21-17(9-8-14-5-2-1-3-6-14)20(15-11-18-19-12-15)13-16-7-4-10-22-16/h1-3,5-6,8-9,15-16,18-19H,4,7,10-13H2/b9-8+. The van der Waals surface area contributed by atoms with Gasteiger partial charge in [-0.25, -0.2) is 0 Å². The maximum Gasteiger partial charge on any atom is 0.246 e. The molecule has 0 aromatic heterocycles. The zero-order valence-electron chi connectivity index (χ0n) is 12.7. The van der Waals surface area contributed by atoms with Crippen LogP contribution in [0.3, 0.4) is 0 Å². The SMILES string of the molecule is O=C(/C=C/c1ccccc1)N(CC1CCCS1)C1CNNC1. The van der Waals surface area contributed by atoms with Crippen LogP contribution >= 0.6 is 11.8 Å². The molecule has 118 valence electrons. The minimum Gasteiger partial charge on any atom is -0.332 e. The van der Waals surface area contributed by atoms with Crippen LogP contribution in [-0.4, -0.2) is 47.5 Å². The van der Waals surface area contributed by atoms with Crippen molar-refractivity contribution in [2.75, 3.05) is 25.4 Å². The second-order valence-corrected chi connectivity index (χ2v) is 7.19. The molecule has 1 aromatic carbocycles. The normalized spacial score (nSPS) is 22.5. The molecular formula is C17H23N3OS. The van der Waals surface area contributed by atoms with E-state index < -0.39 is 0 Å². The fourth-order valence-electron chi connectivity index (χ4n) is 2.93. The molecule has 0 aliphatic carbocycles. The predicted octanol–water partition coefficient (Wildman–Crippen LogP) is 1.90. The molecule has 0 spiro atoms. The van der Waals surface area contributed by atoms with Gasteiger partial charge < -0.3 is 4.90 Å². The van der Waals surface area contributed by atoms with Gasteiger partial charge in [0.05, 0.1) is 6.04 Å². The molecule has 1 amide bonds. The molecule has 5 heteroatoms. The second-order valence-electron chi connectivity index (χ2n) is 5.79. The summed E-state index contributed by atoms with van der Waals surface area (Å²) in [6.45, 7) is 2.50. The molecule has 0 saturated carbocycles. The molecular weight excluding hydrogens is 294 g/mol. The van der Waals surface area contributed by atoms with E-state index in [1.165, 1.54) is 18.6 Å². The molecule has 1 atom stereocenters. The van der Waals surface area contributed by atoms with Crippen LogP contribution in [0.4, 0.5) is 0 Å². The molecule has 2 aliphatic heterocycles. The van der Waals surface area contributed by atoms with E-state index in [9.17, 15) is 4.79 Å². The van der Waals surface area contributed by atoms with E-state index in [-0.39, 0.29) is 11.9 Å². The minimum atomic E-state index is 0.117. The Hall–Kier alpha value is -1.30. The van der Waals surface area contributed by atoms with Crippen molar-refractivity contribution >= 4 is 23.7 Å². The first-order chi connectivity index (χ1) is 10.8. The summed E-state index contributed by atoms with van der Waals surface area (Å²) in [5.41, 5.74) is 7.33. The van der Waals surface area contributed by atoms with Gasteiger partial charge in [0.2, 0.25) is 5.91 Å². The Morgan fingerprint density at radius 3 is 2.73 bits per heavy atom. The lowest BCUT2D eigenvalue weighted by Crippen LogP contribution is -2.45. The number of carbonyl (C=O) groups is 1. The van der Waals surface area contributed by atoms with E-state index >= 15 is 0 Å². The highest BCUT2D eigenvalue weighted by atomic mass is 32.2. The van der Waals surface area contributed by atoms with Crippen LogP contribution in [0.1, 0.15) is 18.4 Å². The summed E-state index contributed by atoms with van der Waals surface area (Å²) in [4.78, 5) is 14.7. The molecule has 2 fully saturated rings. The van der Waals surface area contributed by atoms with Gasteiger partial charge in [-0.1, -0.05) is 30.3 Å². The van der Waals surface area contributed by atoms with E-state index in [0.29, 0.717) is 5.25 Å². The summed E-state index contributed by atoms with van der Waals surface area (Å²) in [6, 6.07) is 10.2. The van der Waals surface area contributed by atoms with E-state index in [1.54, 1.807) is 6.08 Å². The van der Waals surface area contributed by atoms with Gasteiger partial charge in [0.1, 0.15) is 0 Å². The number of nitrogens with zero attached hydrogens (tertiary/aromatic N) is 1. The summed E-state index contributed by atoms with van der Waals surface area (Å²) in [6.07, 6.45) is 6.13. The number of benzene rings is 1. The van der Waals surface area contributed by atoms with Crippen LogP contribution in [0, 0.1) is 0 Å². The first-order valence-corrected chi connectivity index (χ1v) is 8.99. The lowest BCUT2D eigenvalue weighted by Gasteiger charge is -2.29. The third-order valence-electron chi connectivity index (χ3n) is 4.17. The molecule has 0 radical (unpaired) electrons. The first kappa shape index (κ1) is 15.6. The fourth-order valence-corrected chi connectivity index (χ4v) is 4.19. The molecule has 2 saturated heterocycles. The van der Waals surface area contributed by atoms with Gasteiger partial charge in [-0.3, -0.25) is 15.6 Å². The van der Waals surface area contributed by atoms with Gasteiger partial charge in [0.25, 0.3) is 0 Å². The van der Waals surface area contributed by atoms with Gasteiger partial charge in [-0.15, -0.1) is 0 Å². The number of nitrogens with one attached hydrogen (secondary N) is 2. The van der Waals surface area contributed by atoms with Gasteiger partial charge >= 0.3 is 0 Å². The lowest BCUT2D eigenvalue weighted by atomic mass is 10.1. The topological polar surface area (TPSA) is 44.4 Å². The Kier molecular flexibility index (Phi) is 5.53. The van der Waals surface area contributed by atoms with Crippen molar-refractivity contribution in [3.63, 3.8) is 0 Å². The summed E-state index contributed by atoms with van der Waals surface area (Å²) < 4.78 is 0. The van der Waals surface area contributed by atoms with Crippen LogP contribution in [0.2, 0.25) is 0 Å². The van der Waals surface area contributed by atoms with Crippen molar-refractivity contribution in [3.05, 3.63) is 42.0 Å². The average Bonchev–Trinajstić information content (AvgIpc) is 3.24. The molecule has 2 aliphatic rings. The number of hydrazine groups is 1. The molecule has 2 N–H and O–H groups in total. The number of carbonyl (C=O) groups excluding carboxylic acids is 1. The van der Waals surface area contributed by atoms with Crippen molar-refractivity contribution in [1.82, 2.24) is 15.8 Å². The maximum atomic E-state index is 12.7. The number of amides is 1. The third kappa shape index (κ3) is 4.12. The lowest BCUT2D eigenvalue weighted by molar-refractivity contribution is -0.127. The molecule has 1 unspecified atom stereocenters. The number of thioether (sulfide) groups is 1. The van der Waals surface area contributed by atoms with Crippen LogP contribution in [0.15, 0.2) is 36.4 Å². The van der Waals surface area contributed by atoms with Gasteiger partial charge in [-0.05, 0) is 30.2 Å². The molecule has 2 heterocycles. The molecule has 22 heavy (non-hydrogen) atoms. The van der Waals surface area contributed by atoms with Crippen LogP contribution in [0.5, 0.6) is 0 Å². The van der Waals surface area contributed by atoms with Crippen molar-refractivity contribution in [2.45, 2.75) is 24.1 Å². The van der Waals surface area contributed by atoms with Crippen molar-refractivity contribution in [1.29, 1.82) is 0 Å². The monoisotopic (exact) mass is 317 g/mol. The number of hydrogen-bond donors (Lipinski definition) is 2. The van der Waals surface area contributed by atoms with Crippen LogP contribution < -0.4 is 10.9 Å². The Morgan fingerprint density at radius 2 is 2.05 bits per heavy atom. The smallest absolute Gasteiger partial charge is 0.246 e. The van der Waals surface area contributed by atoms with Crippen LogP contribution in [0.25, 0.3) is 6.08 Å². The number of hydrogen-bond acceptors (Lipinski definition) is 4. The Morgan fingerprint density at radius 1 is 1.27 bits per heavy atom. The van der Waals surface area contributed by atoms with Crippen molar-refractivity contribution in [3.8, 4) is 0 Å².